The molecule has 1 amide bonds. The van der Waals surface area contributed by atoms with Crippen LogP contribution in [0.3, 0.4) is 0 Å². The number of carbonyl (C=O) groups excluding carboxylic acids is 1. The number of rotatable bonds is 8. The van der Waals surface area contributed by atoms with Gasteiger partial charge in [0.05, 0.1) is 16.7 Å². The molecule has 0 fully saturated rings. The summed E-state index contributed by atoms with van der Waals surface area (Å²) >= 11 is 7.32. The summed E-state index contributed by atoms with van der Waals surface area (Å²) in [5.41, 5.74) is 2.25. The van der Waals surface area contributed by atoms with Crippen LogP contribution >= 0.6 is 23.4 Å². The Hall–Kier alpha value is -2.51. The Morgan fingerprint density at radius 1 is 1.16 bits per heavy atom. The molecule has 32 heavy (non-hydrogen) atoms. The van der Waals surface area contributed by atoms with Gasteiger partial charge in [-0.1, -0.05) is 23.4 Å². The molecule has 0 saturated carbocycles. The topological polar surface area (TPSA) is 67.2 Å². The number of anilines is 2. The molecule has 0 aliphatic rings. The van der Waals surface area contributed by atoms with E-state index >= 15 is 0 Å². The first-order valence-electron chi connectivity index (χ1n) is 10.7. The van der Waals surface area contributed by atoms with Crippen LogP contribution < -0.4 is 15.8 Å². The third kappa shape index (κ3) is 5.45. The maximum Gasteiger partial charge on any atom is 0.262 e. The lowest BCUT2D eigenvalue weighted by Gasteiger charge is -2.27. The fourth-order valence-corrected chi connectivity index (χ4v) is 4.71. The number of thioether (sulfide) groups is 1. The molecule has 2 aromatic carbocycles. The maximum absolute atomic E-state index is 13.0. The summed E-state index contributed by atoms with van der Waals surface area (Å²) in [6.45, 7) is 11.2. The summed E-state index contributed by atoms with van der Waals surface area (Å²) < 4.78 is 1.62. The number of hydrogen-bond acceptors (Lipinski definition) is 5. The Kier molecular flexibility index (Phi) is 7.85. The van der Waals surface area contributed by atoms with Crippen molar-refractivity contribution in [3.8, 4) is 0 Å². The molecule has 6 nitrogen and oxygen atoms in total. The number of amides is 1. The zero-order chi connectivity index (χ0) is 23.4. The molecule has 0 radical (unpaired) electrons. The number of aromatic nitrogens is 2. The first kappa shape index (κ1) is 24.1. The Morgan fingerprint density at radius 2 is 1.84 bits per heavy atom. The number of nitrogens with zero attached hydrogens (tertiary/aromatic N) is 3. The van der Waals surface area contributed by atoms with Gasteiger partial charge in [0.15, 0.2) is 5.16 Å². The van der Waals surface area contributed by atoms with Crippen LogP contribution in [0.4, 0.5) is 11.4 Å². The molecule has 0 spiro atoms. The molecule has 3 aromatic rings. The minimum Gasteiger partial charge on any atom is -0.369 e. The first-order chi connectivity index (χ1) is 15.2. The zero-order valence-electron chi connectivity index (χ0n) is 19.1. The van der Waals surface area contributed by atoms with E-state index in [2.05, 4.69) is 36.0 Å². The highest BCUT2D eigenvalue weighted by Crippen LogP contribution is 2.24. The second-order valence-electron chi connectivity index (χ2n) is 8.09. The molecule has 8 heteroatoms. The number of carbonyl (C=O) groups is 1. The van der Waals surface area contributed by atoms with Gasteiger partial charge in [0, 0.05) is 35.0 Å². The summed E-state index contributed by atoms with van der Waals surface area (Å²) in [6.07, 6.45) is 0. The first-order valence-corrected chi connectivity index (χ1v) is 12.1. The van der Waals surface area contributed by atoms with Gasteiger partial charge in [0.25, 0.3) is 5.56 Å². The van der Waals surface area contributed by atoms with Crippen molar-refractivity contribution in [2.45, 2.75) is 51.9 Å². The SMILES string of the molecule is CCN(c1ccc(NC(=O)CSc2nc3cc(Cl)ccc3c(=O)n2C(C)C)cc1)C(C)C. The van der Waals surface area contributed by atoms with E-state index < -0.39 is 0 Å². The second-order valence-corrected chi connectivity index (χ2v) is 9.47. The highest BCUT2D eigenvalue weighted by atomic mass is 35.5. The molecule has 170 valence electrons. The van der Waals surface area contributed by atoms with Crippen LogP contribution in [0, 0.1) is 0 Å². The average molecular weight is 473 g/mol. The van der Waals surface area contributed by atoms with E-state index in [1.807, 2.05) is 38.1 Å². The van der Waals surface area contributed by atoms with Crippen LogP contribution in [0.2, 0.25) is 5.02 Å². The third-order valence-electron chi connectivity index (χ3n) is 5.13. The standard InChI is InChI=1S/C24H29ClN4O2S/c1-6-28(15(2)3)19-10-8-18(9-11-19)26-22(30)14-32-24-27-21-13-17(25)7-12-20(21)23(31)29(24)16(4)5/h7-13,15-16H,6,14H2,1-5H3,(H,26,30). The van der Waals surface area contributed by atoms with E-state index in [0.29, 0.717) is 27.1 Å². The minimum atomic E-state index is -0.158. The van der Waals surface area contributed by atoms with Crippen LogP contribution in [0.25, 0.3) is 10.9 Å². The number of fused-ring (bicyclic) bond motifs is 1. The molecule has 0 unspecified atom stereocenters. The number of halogens is 1. The largest absolute Gasteiger partial charge is 0.369 e. The number of hydrogen-bond donors (Lipinski definition) is 1. The van der Waals surface area contributed by atoms with Crippen LogP contribution in [0.15, 0.2) is 52.4 Å². The molecule has 3 rings (SSSR count). The zero-order valence-corrected chi connectivity index (χ0v) is 20.6. The molecular formula is C24H29ClN4O2S. The second kappa shape index (κ2) is 10.4. The van der Waals surface area contributed by atoms with Crippen molar-refractivity contribution in [3.63, 3.8) is 0 Å². The van der Waals surface area contributed by atoms with Crippen molar-refractivity contribution in [1.82, 2.24) is 9.55 Å². The predicted octanol–water partition coefficient (Wildman–Crippen LogP) is 5.60. The van der Waals surface area contributed by atoms with Gasteiger partial charge >= 0.3 is 0 Å². The molecule has 1 N–H and O–H groups in total. The summed E-state index contributed by atoms with van der Waals surface area (Å²) in [6, 6.07) is 13.2. The molecule has 0 saturated heterocycles. The number of nitrogens with one attached hydrogen (secondary N) is 1. The van der Waals surface area contributed by atoms with Crippen molar-refractivity contribution in [3.05, 3.63) is 57.8 Å². The minimum absolute atomic E-state index is 0.0874. The van der Waals surface area contributed by atoms with Crippen LogP contribution in [-0.2, 0) is 4.79 Å². The van der Waals surface area contributed by atoms with Crippen molar-refractivity contribution in [1.29, 1.82) is 0 Å². The van der Waals surface area contributed by atoms with Gasteiger partial charge in [0.2, 0.25) is 5.91 Å². The Morgan fingerprint density at radius 3 is 2.44 bits per heavy atom. The van der Waals surface area contributed by atoms with E-state index in [-0.39, 0.29) is 23.3 Å². The van der Waals surface area contributed by atoms with E-state index in [1.165, 1.54) is 11.8 Å². The smallest absolute Gasteiger partial charge is 0.262 e. The van der Waals surface area contributed by atoms with Gasteiger partial charge < -0.3 is 10.2 Å². The van der Waals surface area contributed by atoms with Gasteiger partial charge in [-0.15, -0.1) is 0 Å². The van der Waals surface area contributed by atoms with E-state index in [4.69, 9.17) is 11.6 Å². The van der Waals surface area contributed by atoms with Crippen LogP contribution in [0.5, 0.6) is 0 Å². The maximum atomic E-state index is 13.0. The average Bonchev–Trinajstić information content (AvgIpc) is 2.73. The van der Waals surface area contributed by atoms with E-state index in [9.17, 15) is 9.59 Å². The van der Waals surface area contributed by atoms with Gasteiger partial charge in [-0.3, -0.25) is 14.2 Å². The summed E-state index contributed by atoms with van der Waals surface area (Å²) in [7, 11) is 0. The fourth-order valence-electron chi connectivity index (χ4n) is 3.62. The lowest BCUT2D eigenvalue weighted by atomic mass is 10.2. The molecule has 0 aliphatic carbocycles. The van der Waals surface area contributed by atoms with E-state index in [1.54, 1.807) is 22.8 Å². The van der Waals surface area contributed by atoms with Gasteiger partial charge in [-0.25, -0.2) is 4.98 Å². The fraction of sp³-hybridized carbons (Fsp3) is 0.375. The summed E-state index contributed by atoms with van der Waals surface area (Å²) in [5.74, 6) is -0.0187. The van der Waals surface area contributed by atoms with Crippen molar-refractivity contribution in [2.75, 3.05) is 22.5 Å². The van der Waals surface area contributed by atoms with Crippen LogP contribution in [-0.4, -0.2) is 33.8 Å². The highest BCUT2D eigenvalue weighted by Gasteiger charge is 2.16. The number of benzene rings is 2. The molecule has 1 aromatic heterocycles. The normalized spacial score (nSPS) is 11.4. The van der Waals surface area contributed by atoms with Gasteiger partial charge in [-0.05, 0) is 77.1 Å². The lowest BCUT2D eigenvalue weighted by molar-refractivity contribution is -0.113. The quantitative estimate of drug-likeness (QED) is 0.341. The van der Waals surface area contributed by atoms with Crippen molar-refractivity contribution < 1.29 is 4.79 Å². The highest BCUT2D eigenvalue weighted by molar-refractivity contribution is 7.99. The lowest BCUT2D eigenvalue weighted by Crippen LogP contribution is -2.30. The molecule has 1 heterocycles. The van der Waals surface area contributed by atoms with Crippen molar-refractivity contribution in [2.24, 2.45) is 0 Å². The van der Waals surface area contributed by atoms with E-state index in [0.717, 1.165) is 17.9 Å². The van der Waals surface area contributed by atoms with Gasteiger partial charge in [-0.2, -0.15) is 0 Å². The summed E-state index contributed by atoms with van der Waals surface area (Å²) in [4.78, 5) is 32.4. The predicted molar refractivity (Wildman–Crippen MR) is 135 cm³/mol. The van der Waals surface area contributed by atoms with Crippen molar-refractivity contribution >= 4 is 51.5 Å². The monoisotopic (exact) mass is 472 g/mol. The Balaban J connectivity index is 1.74. The molecule has 0 atom stereocenters. The Bertz CT molecular complexity index is 1160. The molecule has 0 aliphatic heterocycles. The Labute approximate surface area is 198 Å². The van der Waals surface area contributed by atoms with Crippen LogP contribution in [0.1, 0.15) is 40.7 Å². The molecular weight excluding hydrogens is 444 g/mol. The third-order valence-corrected chi connectivity index (χ3v) is 6.31. The summed E-state index contributed by atoms with van der Waals surface area (Å²) in [5, 5.41) is 4.45. The molecule has 0 bridgehead atoms. The van der Waals surface area contributed by atoms with Gasteiger partial charge in [0.1, 0.15) is 0 Å².